The molecule has 9 nitrogen and oxygen atoms in total. The fourth-order valence-corrected chi connectivity index (χ4v) is 4.06. The second kappa shape index (κ2) is 11.0. The molecule has 0 bridgehead atoms. The number of carbonyl (C=O) groups is 1. The number of halogens is 3. The summed E-state index contributed by atoms with van der Waals surface area (Å²) in [7, 11) is 0. The number of anilines is 1. The molecule has 3 aromatic rings. The molecule has 0 spiro atoms. The van der Waals surface area contributed by atoms with Gasteiger partial charge in [-0.2, -0.15) is 18.3 Å². The molecule has 1 aliphatic heterocycles. The summed E-state index contributed by atoms with van der Waals surface area (Å²) >= 11 is 0. The molecule has 1 fully saturated rings. The number of aromatic amines is 1. The van der Waals surface area contributed by atoms with Crippen molar-refractivity contribution in [1.82, 2.24) is 25.1 Å². The van der Waals surface area contributed by atoms with E-state index < -0.39 is 17.8 Å². The van der Waals surface area contributed by atoms with Crippen LogP contribution >= 0.6 is 0 Å². The first-order chi connectivity index (χ1) is 17.7. The van der Waals surface area contributed by atoms with E-state index in [-0.39, 0.29) is 30.4 Å². The Bertz CT molecular complexity index is 1390. The van der Waals surface area contributed by atoms with Gasteiger partial charge in [-0.3, -0.25) is 9.59 Å². The molecule has 1 aliphatic rings. The van der Waals surface area contributed by atoms with Crippen molar-refractivity contribution in [3.63, 3.8) is 0 Å². The maximum atomic E-state index is 12.7. The number of nitrogens with zero attached hydrogens (tertiary/aromatic N) is 5. The van der Waals surface area contributed by atoms with Crippen LogP contribution in [0, 0.1) is 11.8 Å². The van der Waals surface area contributed by atoms with E-state index in [0.717, 1.165) is 18.0 Å². The Morgan fingerprint density at radius 1 is 1.16 bits per heavy atom. The Kier molecular flexibility index (Phi) is 7.73. The van der Waals surface area contributed by atoms with Crippen LogP contribution in [-0.4, -0.2) is 63.8 Å². The van der Waals surface area contributed by atoms with Crippen molar-refractivity contribution in [2.45, 2.75) is 32.5 Å². The van der Waals surface area contributed by atoms with Gasteiger partial charge in [0.1, 0.15) is 0 Å². The van der Waals surface area contributed by atoms with Gasteiger partial charge in [0.15, 0.2) is 0 Å². The highest BCUT2D eigenvalue weighted by Gasteiger charge is 2.32. The van der Waals surface area contributed by atoms with Crippen LogP contribution in [0.1, 0.15) is 43.2 Å². The Hall–Kier alpha value is -3.98. The third-order valence-electron chi connectivity index (χ3n) is 6.04. The maximum absolute atomic E-state index is 12.7. The summed E-state index contributed by atoms with van der Waals surface area (Å²) in [5.74, 6) is 5.90. The average Bonchev–Trinajstić information content (AvgIpc) is 2.88. The number of hydrogen-bond donors (Lipinski definition) is 1. The molecule has 12 heteroatoms. The molecule has 1 atom stereocenters. The van der Waals surface area contributed by atoms with Crippen LogP contribution in [0.2, 0.25) is 0 Å². The first-order valence-corrected chi connectivity index (χ1v) is 11.7. The molecule has 1 unspecified atom stereocenters. The number of ether oxygens (including phenoxy) is 1. The lowest BCUT2D eigenvalue weighted by atomic mass is 10.1. The summed E-state index contributed by atoms with van der Waals surface area (Å²) in [6, 6.07) is 5.27. The third-order valence-corrected chi connectivity index (χ3v) is 6.04. The predicted molar refractivity (Wildman–Crippen MR) is 130 cm³/mol. The zero-order valence-corrected chi connectivity index (χ0v) is 20.3. The van der Waals surface area contributed by atoms with Crippen molar-refractivity contribution in [2.75, 3.05) is 37.7 Å². The van der Waals surface area contributed by atoms with Crippen molar-refractivity contribution < 1.29 is 22.7 Å². The number of fused-ring (bicyclic) bond motifs is 1. The molecule has 0 radical (unpaired) electrons. The van der Waals surface area contributed by atoms with Gasteiger partial charge >= 0.3 is 6.18 Å². The standard InChI is InChI=1S/C25H25F3N6O3/c1-3-4-17-5-6-19-20(13-17)22(31-32-23(19)36)16(2)37-12-7-21(35)33-8-10-34(11-9-33)24-29-14-18(15-30-24)25(26,27)28/h5-6,13-16H,7-12H2,1-2H3,(H,32,36). The first-order valence-electron chi connectivity index (χ1n) is 11.7. The highest BCUT2D eigenvalue weighted by Crippen LogP contribution is 2.28. The molecule has 0 saturated carbocycles. The second-order valence-corrected chi connectivity index (χ2v) is 8.47. The normalized spacial score (nSPS) is 14.8. The van der Waals surface area contributed by atoms with Gasteiger partial charge in [0.2, 0.25) is 11.9 Å². The highest BCUT2D eigenvalue weighted by atomic mass is 19.4. The minimum Gasteiger partial charge on any atom is -0.372 e. The van der Waals surface area contributed by atoms with Gasteiger partial charge in [0, 0.05) is 49.5 Å². The Labute approximate surface area is 210 Å². The number of aromatic nitrogens is 4. The molecule has 1 amide bonds. The quantitative estimate of drug-likeness (QED) is 0.505. The topological polar surface area (TPSA) is 104 Å². The van der Waals surface area contributed by atoms with Gasteiger partial charge in [-0.25, -0.2) is 15.1 Å². The Morgan fingerprint density at radius 2 is 1.86 bits per heavy atom. The van der Waals surface area contributed by atoms with E-state index >= 15 is 0 Å². The number of H-pyrrole nitrogens is 1. The van der Waals surface area contributed by atoms with E-state index in [9.17, 15) is 22.8 Å². The van der Waals surface area contributed by atoms with Crippen LogP contribution in [0.25, 0.3) is 10.8 Å². The molecule has 0 aliphatic carbocycles. The van der Waals surface area contributed by atoms with Gasteiger partial charge in [-0.15, -0.1) is 5.92 Å². The number of carbonyl (C=O) groups excluding carboxylic acids is 1. The molecule has 2 aromatic heterocycles. The lowest BCUT2D eigenvalue weighted by Gasteiger charge is -2.34. The first kappa shape index (κ1) is 26.1. The van der Waals surface area contributed by atoms with Crippen molar-refractivity contribution >= 4 is 22.6 Å². The van der Waals surface area contributed by atoms with Gasteiger partial charge in [-0.05, 0) is 32.0 Å². The van der Waals surface area contributed by atoms with Crippen LogP contribution in [0.3, 0.4) is 0 Å². The summed E-state index contributed by atoms with van der Waals surface area (Å²) in [6.07, 6.45) is -3.30. The second-order valence-electron chi connectivity index (χ2n) is 8.47. The summed E-state index contributed by atoms with van der Waals surface area (Å²) in [5, 5.41) is 7.77. The molecule has 1 N–H and O–H groups in total. The SMILES string of the molecule is CC#Cc1ccc2c(=O)[nH]nc(C(C)OCCC(=O)N3CCN(c4ncc(C(F)(F)F)cn4)CC3)c2c1. The molecule has 3 heterocycles. The Morgan fingerprint density at radius 3 is 2.51 bits per heavy atom. The molecule has 194 valence electrons. The van der Waals surface area contributed by atoms with E-state index in [2.05, 4.69) is 32.0 Å². The van der Waals surface area contributed by atoms with E-state index in [1.807, 2.05) is 0 Å². The summed E-state index contributed by atoms with van der Waals surface area (Å²) in [6.45, 7) is 5.28. The average molecular weight is 515 g/mol. The number of hydrogen-bond acceptors (Lipinski definition) is 7. The Balaban J connectivity index is 1.30. The van der Waals surface area contributed by atoms with Crippen LogP contribution in [0.5, 0.6) is 0 Å². The molecule has 1 saturated heterocycles. The van der Waals surface area contributed by atoms with Crippen molar-refractivity contribution in [1.29, 1.82) is 0 Å². The van der Waals surface area contributed by atoms with Crippen LogP contribution in [0.15, 0.2) is 35.4 Å². The number of piperazine rings is 1. The summed E-state index contributed by atoms with van der Waals surface area (Å²) in [4.78, 5) is 35.9. The molecular formula is C25H25F3N6O3. The van der Waals surface area contributed by atoms with E-state index in [1.54, 1.807) is 41.8 Å². The predicted octanol–water partition coefficient (Wildman–Crippen LogP) is 2.92. The lowest BCUT2D eigenvalue weighted by Crippen LogP contribution is -2.49. The third kappa shape index (κ3) is 6.06. The van der Waals surface area contributed by atoms with Gasteiger partial charge in [0.25, 0.3) is 5.56 Å². The summed E-state index contributed by atoms with van der Waals surface area (Å²) < 4.78 is 44.0. The van der Waals surface area contributed by atoms with E-state index in [4.69, 9.17) is 4.74 Å². The van der Waals surface area contributed by atoms with Crippen LogP contribution in [0.4, 0.5) is 19.1 Å². The fourth-order valence-electron chi connectivity index (χ4n) is 4.06. The molecule has 37 heavy (non-hydrogen) atoms. The number of benzene rings is 1. The number of nitrogens with one attached hydrogen (secondary N) is 1. The number of rotatable bonds is 6. The lowest BCUT2D eigenvalue weighted by molar-refractivity contribution is -0.138. The molecule has 4 rings (SSSR count). The summed E-state index contributed by atoms with van der Waals surface area (Å²) in [5.41, 5.74) is 0.0937. The van der Waals surface area contributed by atoms with Gasteiger partial charge in [-0.1, -0.05) is 5.92 Å². The fraction of sp³-hybridized carbons (Fsp3) is 0.400. The zero-order chi connectivity index (χ0) is 26.6. The molecule has 1 aromatic carbocycles. The van der Waals surface area contributed by atoms with Crippen LogP contribution in [-0.2, 0) is 15.7 Å². The monoisotopic (exact) mass is 514 g/mol. The van der Waals surface area contributed by atoms with Crippen molar-refractivity contribution in [3.8, 4) is 11.8 Å². The maximum Gasteiger partial charge on any atom is 0.419 e. The minimum absolute atomic E-state index is 0.0972. The largest absolute Gasteiger partial charge is 0.419 e. The van der Waals surface area contributed by atoms with E-state index in [0.29, 0.717) is 42.6 Å². The smallest absolute Gasteiger partial charge is 0.372 e. The molecular weight excluding hydrogens is 489 g/mol. The van der Waals surface area contributed by atoms with Crippen molar-refractivity contribution in [3.05, 3.63) is 57.8 Å². The number of amides is 1. The van der Waals surface area contributed by atoms with Crippen molar-refractivity contribution in [2.24, 2.45) is 0 Å². The zero-order valence-electron chi connectivity index (χ0n) is 20.3. The highest BCUT2D eigenvalue weighted by molar-refractivity contribution is 5.85. The van der Waals surface area contributed by atoms with Crippen LogP contribution < -0.4 is 10.5 Å². The van der Waals surface area contributed by atoms with Gasteiger partial charge < -0.3 is 14.5 Å². The minimum atomic E-state index is -4.49. The van der Waals surface area contributed by atoms with E-state index in [1.165, 1.54) is 0 Å². The van der Waals surface area contributed by atoms with Gasteiger partial charge in [0.05, 0.1) is 35.8 Å². The number of alkyl halides is 3.